The Morgan fingerprint density at radius 1 is 0.483 bits per heavy atom. The van der Waals surface area contributed by atoms with E-state index in [1.54, 1.807) is 74.2 Å². The molecule has 0 radical (unpaired) electrons. The van der Waals surface area contributed by atoms with Gasteiger partial charge >= 0.3 is 18.3 Å². The summed E-state index contributed by atoms with van der Waals surface area (Å²) in [5, 5.41) is 10.3. The van der Waals surface area contributed by atoms with Crippen LogP contribution in [-0.2, 0) is 25.8 Å². The number of nitrogens with one attached hydrogen (secondary N) is 3. The first-order chi connectivity index (χ1) is 57.6. The summed E-state index contributed by atoms with van der Waals surface area (Å²) in [5.41, 5.74) is 12.1. The molecule has 5 aliphatic heterocycles. The Bertz CT molecular complexity index is 5640. The third-order valence-electron chi connectivity index (χ3n) is 22.1. The Hall–Kier alpha value is -10.4. The number of ether oxygens (including phenoxy) is 6. The van der Waals surface area contributed by atoms with E-state index in [1.807, 2.05) is 139 Å². The summed E-state index contributed by atoms with van der Waals surface area (Å²) < 4.78 is 50.5. The molecule has 4 aromatic heterocycles. The number of fused-ring (bicyclic) bond motifs is 9. The molecule has 13 aromatic rings. The predicted molar refractivity (Wildman–Crippen MR) is 463 cm³/mol. The number of aryl methyl sites for hydroxylation is 1. The van der Waals surface area contributed by atoms with Crippen LogP contribution in [0.25, 0.3) is 32.7 Å². The first kappa shape index (κ1) is 81.3. The highest BCUT2D eigenvalue weighted by atomic mass is 35.5. The van der Waals surface area contributed by atoms with Crippen molar-refractivity contribution >= 4 is 121 Å². The van der Waals surface area contributed by atoms with Gasteiger partial charge in [-0.05, 0) is 237 Å². The van der Waals surface area contributed by atoms with E-state index < -0.39 is 30.4 Å². The summed E-state index contributed by atoms with van der Waals surface area (Å²) >= 11 is 33.3. The summed E-state index contributed by atoms with van der Waals surface area (Å²) in [5.74, 6) is 6.05. The molecule has 3 N–H and O–H groups in total. The van der Waals surface area contributed by atoms with Gasteiger partial charge in [0, 0.05) is 146 Å². The fourth-order valence-electron chi connectivity index (χ4n) is 16.3. The molecule has 18 rings (SSSR count). The SMILES string of the molecule is CN1CCCC(COc2ccc(C3c4[nH]c5ccc(Cl)cc5c4CCN3C(=O)Oc3ccc(F)cc3)cc2)C1.O=C(Oc1ccc(Cl)cc1)N1CCc2c([nH]c3ccc(Cl)cc23)C1c1ccc(OCCCN2CCSCC2)cc1.O=C(Oc1ccccc1Cl)N1CCc2c([nH]c3ccc(Cl)cc23)C1c1ccc(OCCCn2cncn2)cc1. The first-order valence-electron chi connectivity index (χ1n) is 39.7. The fraction of sp³-hybridized carbons (Fsp3) is 0.286. The van der Waals surface area contributed by atoms with Crippen molar-refractivity contribution in [3.8, 4) is 34.5 Å². The second-order valence-electron chi connectivity index (χ2n) is 29.9. The number of carbonyl (C=O) groups excluding carboxylic acids is 3. The standard InChI is InChI=1S/C31H31Cl2N3O3S.C31H31ClFN3O3.C29H25Cl2N5O3/c32-22-4-9-25(10-5-22)39-31(37)36-14-12-26-27-20-23(33)6-11-28(27)34-29(26)30(36)21-2-7-24(8-3-21)38-17-1-13-35-15-18-40-19-16-35;1-35-15-2-3-20(18-35)19-38-24-9-4-21(5-10-24)30-29-26(27-17-22(32)6-13-28(27)34-29)14-16-36(30)31(37)39-25-11-7-23(33)8-12-25;30-20-8-11-25-23(16-20)22-12-14-36(29(37)39-26-5-2-1-4-24(26)31)28(27(22)34-25)19-6-9-21(10-7-19)38-15-3-13-35-18-32-17-33-35/h2-11,20,30,34H,1,12-19H2;4-13,17,20,30,34H,2-3,14-16,18-19H2,1H3;1-2,4-11,16-18,28,34H,3,12-15H2. The number of hydrogen-bond acceptors (Lipinski definition) is 14. The maximum atomic E-state index is 13.5. The van der Waals surface area contributed by atoms with Gasteiger partial charge in [0.2, 0.25) is 0 Å². The van der Waals surface area contributed by atoms with E-state index >= 15 is 0 Å². The number of rotatable bonds is 19. The maximum Gasteiger partial charge on any atom is 0.416 e. The van der Waals surface area contributed by atoms with Gasteiger partial charge < -0.3 is 53.2 Å². The van der Waals surface area contributed by atoms with Gasteiger partial charge in [0.1, 0.15) is 65.3 Å². The molecule has 0 saturated carbocycles. The van der Waals surface area contributed by atoms with E-state index in [1.165, 1.54) is 73.6 Å². The van der Waals surface area contributed by atoms with Crippen molar-refractivity contribution in [1.29, 1.82) is 0 Å². The van der Waals surface area contributed by atoms with Crippen LogP contribution in [0.15, 0.2) is 213 Å². The number of likely N-dealkylation sites (tertiary alicyclic amines) is 1. The van der Waals surface area contributed by atoms with Crippen molar-refractivity contribution in [2.75, 3.05) is 90.7 Å². The number of piperidine rings is 1. The number of halogens is 6. The molecule has 2 saturated heterocycles. The summed E-state index contributed by atoms with van der Waals surface area (Å²) in [6.45, 7) is 9.70. The summed E-state index contributed by atoms with van der Waals surface area (Å²) in [4.78, 5) is 65.1. The molecule has 9 aromatic carbocycles. The third-order valence-corrected chi connectivity index (χ3v) is 24.3. The molecule has 27 heteroatoms. The van der Waals surface area contributed by atoms with Crippen LogP contribution in [-0.4, -0.2) is 163 Å². The molecule has 608 valence electrons. The Kier molecular flexibility index (Phi) is 26.0. The molecule has 0 aliphatic carbocycles. The van der Waals surface area contributed by atoms with Crippen LogP contribution < -0.4 is 28.4 Å². The van der Waals surface area contributed by atoms with Gasteiger partial charge in [-0.25, -0.2) is 23.8 Å². The van der Waals surface area contributed by atoms with Crippen molar-refractivity contribution < 1.29 is 47.2 Å². The van der Waals surface area contributed by atoms with Crippen molar-refractivity contribution in [2.24, 2.45) is 5.92 Å². The topological polar surface area (TPSA) is 201 Å². The molecule has 4 atom stereocenters. The molecule has 5 aliphatic rings. The molecule has 3 amide bonds. The molecule has 0 bridgehead atoms. The highest BCUT2D eigenvalue weighted by molar-refractivity contribution is 7.99. The number of hydrogen-bond donors (Lipinski definition) is 3. The van der Waals surface area contributed by atoms with Gasteiger partial charge in [-0.15, -0.1) is 0 Å². The zero-order valence-electron chi connectivity index (χ0n) is 64.8. The van der Waals surface area contributed by atoms with Crippen molar-refractivity contribution in [3.63, 3.8) is 0 Å². The summed E-state index contributed by atoms with van der Waals surface area (Å²) in [6, 6.07) is 59.4. The van der Waals surface area contributed by atoms with Crippen LogP contribution in [0.3, 0.4) is 0 Å². The zero-order chi connectivity index (χ0) is 81.2. The van der Waals surface area contributed by atoms with Gasteiger partial charge in [0.05, 0.1) is 24.8 Å². The number of aromatic amines is 3. The zero-order valence-corrected chi connectivity index (χ0v) is 69.4. The van der Waals surface area contributed by atoms with Crippen molar-refractivity contribution in [2.45, 2.75) is 69.6 Å². The molecule has 2 fully saturated rings. The Balaban J connectivity index is 0.000000132. The van der Waals surface area contributed by atoms with Crippen LogP contribution in [0.2, 0.25) is 25.1 Å². The van der Waals surface area contributed by atoms with E-state index in [2.05, 4.69) is 41.9 Å². The van der Waals surface area contributed by atoms with E-state index in [9.17, 15) is 18.8 Å². The fourth-order valence-corrected chi connectivity index (χ4v) is 18.1. The Morgan fingerprint density at radius 3 is 1.37 bits per heavy atom. The second-order valence-corrected chi connectivity index (χ2v) is 33.3. The van der Waals surface area contributed by atoms with Crippen LogP contribution in [0, 0.1) is 11.7 Å². The van der Waals surface area contributed by atoms with E-state index in [-0.39, 0.29) is 11.9 Å². The van der Waals surface area contributed by atoms with Crippen LogP contribution in [0.1, 0.15) is 94.3 Å². The van der Waals surface area contributed by atoms with Crippen molar-refractivity contribution in [1.82, 2.24) is 54.2 Å². The number of para-hydroxylation sites is 1. The lowest BCUT2D eigenvalue weighted by atomic mass is 9.92. The van der Waals surface area contributed by atoms with Gasteiger partial charge in [-0.1, -0.05) is 107 Å². The third kappa shape index (κ3) is 19.3. The number of carbonyl (C=O) groups is 3. The lowest BCUT2D eigenvalue weighted by Crippen LogP contribution is -2.42. The molecule has 0 spiro atoms. The highest BCUT2D eigenvalue weighted by Gasteiger charge is 2.40. The van der Waals surface area contributed by atoms with E-state index in [4.69, 9.17) is 86.4 Å². The molecular formula is C91H87Cl5FN11O9S. The van der Waals surface area contributed by atoms with Crippen LogP contribution in [0.5, 0.6) is 34.5 Å². The van der Waals surface area contributed by atoms with Crippen molar-refractivity contribution in [3.05, 3.63) is 294 Å². The number of thioether (sulfide) groups is 1. The number of nitrogens with zero attached hydrogens (tertiary/aromatic N) is 8. The van der Waals surface area contributed by atoms with Crippen LogP contribution in [0.4, 0.5) is 18.8 Å². The van der Waals surface area contributed by atoms with E-state index in [0.717, 1.165) is 134 Å². The lowest BCUT2D eigenvalue weighted by molar-refractivity contribution is 0.134. The largest absolute Gasteiger partial charge is 0.494 e. The minimum atomic E-state index is -0.490. The maximum absolute atomic E-state index is 13.5. The molecule has 9 heterocycles. The normalized spacial score (nSPS) is 17.3. The number of benzene rings is 9. The molecule has 118 heavy (non-hydrogen) atoms. The molecule has 4 unspecified atom stereocenters. The minimum absolute atomic E-state index is 0.298. The van der Waals surface area contributed by atoms with Gasteiger partial charge in [0.25, 0.3) is 0 Å². The predicted octanol–water partition coefficient (Wildman–Crippen LogP) is 20.9. The quantitative estimate of drug-likeness (QED) is 0.0646. The second kappa shape index (κ2) is 37.7. The number of amides is 3. The Labute approximate surface area is 712 Å². The number of H-pyrrole nitrogens is 3. The minimum Gasteiger partial charge on any atom is -0.494 e. The lowest BCUT2D eigenvalue weighted by Gasteiger charge is -2.35. The molecule has 20 nitrogen and oxygen atoms in total. The summed E-state index contributed by atoms with van der Waals surface area (Å²) in [7, 11) is 2.16. The number of aromatic nitrogens is 6. The average Bonchev–Trinajstić information content (AvgIpc) is 1.61. The van der Waals surface area contributed by atoms with Crippen LogP contribution >= 0.6 is 69.8 Å². The van der Waals surface area contributed by atoms with Gasteiger partial charge in [-0.2, -0.15) is 16.9 Å². The molecular weight excluding hydrogens is 1620 g/mol. The smallest absolute Gasteiger partial charge is 0.416 e. The van der Waals surface area contributed by atoms with E-state index in [0.29, 0.717) is 107 Å². The average molecular weight is 1710 g/mol. The Morgan fingerprint density at radius 2 is 0.915 bits per heavy atom. The monoisotopic (exact) mass is 1700 g/mol. The highest BCUT2D eigenvalue weighted by Crippen LogP contribution is 2.45. The van der Waals surface area contributed by atoms with Gasteiger partial charge in [-0.3, -0.25) is 19.4 Å². The summed E-state index contributed by atoms with van der Waals surface area (Å²) in [6.07, 6.45) is 8.04. The van der Waals surface area contributed by atoms with Gasteiger partial charge in [0.15, 0.2) is 5.75 Å². The first-order valence-corrected chi connectivity index (χ1v) is 42.7.